The van der Waals surface area contributed by atoms with Gasteiger partial charge in [0.2, 0.25) is 0 Å². The van der Waals surface area contributed by atoms with E-state index in [2.05, 4.69) is 0 Å². The van der Waals surface area contributed by atoms with Gasteiger partial charge in [-0.15, -0.1) is 0 Å². The molecule has 0 fully saturated rings. The van der Waals surface area contributed by atoms with Gasteiger partial charge in [0, 0.05) is 23.9 Å². The molecule has 3 aromatic rings. The number of rotatable bonds is 8. The Morgan fingerprint density at radius 2 is 1.42 bits per heavy atom. The smallest absolute Gasteiger partial charge is 0.457 e. The predicted molar refractivity (Wildman–Crippen MR) is 117 cm³/mol. The lowest BCUT2D eigenvalue weighted by molar-refractivity contribution is -0.289. The summed E-state index contributed by atoms with van der Waals surface area (Å²) in [7, 11) is 0. The van der Waals surface area contributed by atoms with Gasteiger partial charge < -0.3 is 14.7 Å². The lowest BCUT2D eigenvalue weighted by Gasteiger charge is -2.29. The van der Waals surface area contributed by atoms with Gasteiger partial charge in [-0.1, -0.05) is 36.4 Å². The molecule has 0 aliphatic carbocycles. The Morgan fingerprint density at radius 1 is 0.806 bits per heavy atom. The Morgan fingerprint density at radius 3 is 2.03 bits per heavy atom. The van der Waals surface area contributed by atoms with Crippen molar-refractivity contribution in [2.75, 3.05) is 11.4 Å². The molecule has 0 aromatic heterocycles. The van der Waals surface area contributed by atoms with Crippen LogP contribution in [0, 0.1) is 6.92 Å². The number of benzene rings is 3. The number of hydrogen-bond donors (Lipinski definition) is 1. The molecular weight excluding hydrogens is 498 g/mol. The third kappa shape index (κ3) is 6.66. The molecule has 1 N–H and O–H groups in total. The summed E-state index contributed by atoms with van der Waals surface area (Å²) in [6, 6.07) is 16.1. The zero-order valence-electron chi connectivity index (χ0n) is 18.7. The number of halogens is 8. The largest absolute Gasteiger partial charge is 0.458 e. The molecule has 0 unspecified atom stereocenters. The fourth-order valence-electron chi connectivity index (χ4n) is 3.38. The molecule has 0 heterocycles. The van der Waals surface area contributed by atoms with Crippen molar-refractivity contribution in [1.82, 2.24) is 0 Å². The minimum atomic E-state index is -5.85. The third-order valence-electron chi connectivity index (χ3n) is 5.20. The van der Waals surface area contributed by atoms with E-state index in [9.17, 15) is 40.2 Å². The van der Waals surface area contributed by atoms with Crippen LogP contribution in [0.5, 0.6) is 11.5 Å². The summed E-state index contributed by atoms with van der Waals surface area (Å²) in [6.07, 6.45) is -13.6. The zero-order chi connectivity index (χ0) is 26.7. The molecule has 1 atom stereocenters. The average molecular weight is 519 g/mol. The number of alkyl halides is 8. The first-order chi connectivity index (χ1) is 16.7. The van der Waals surface area contributed by atoms with Crippen LogP contribution in [0.3, 0.4) is 0 Å². The molecule has 3 rings (SSSR count). The first kappa shape index (κ1) is 27.3. The second kappa shape index (κ2) is 10.3. The van der Waals surface area contributed by atoms with Crippen molar-refractivity contribution in [2.24, 2.45) is 0 Å². The zero-order valence-corrected chi connectivity index (χ0v) is 18.7. The summed E-state index contributed by atoms with van der Waals surface area (Å²) in [5.74, 6) is -4.46. The van der Waals surface area contributed by atoms with Crippen LogP contribution in [-0.4, -0.2) is 30.1 Å². The van der Waals surface area contributed by atoms with Crippen molar-refractivity contribution in [1.29, 1.82) is 0 Å². The van der Waals surface area contributed by atoms with Gasteiger partial charge in [0.25, 0.3) is 0 Å². The number of ether oxygens (including phenoxy) is 1. The quantitative estimate of drug-likeness (QED) is 0.316. The molecule has 0 radical (unpaired) electrons. The Balaban J connectivity index is 1.94. The molecule has 36 heavy (non-hydrogen) atoms. The van der Waals surface area contributed by atoms with Crippen LogP contribution in [0.15, 0.2) is 72.8 Å². The molecular formula is C25H21F8NO2. The second-order valence-electron chi connectivity index (χ2n) is 8.13. The van der Waals surface area contributed by atoms with Gasteiger partial charge in [0.15, 0.2) is 6.10 Å². The van der Waals surface area contributed by atoms with Crippen LogP contribution >= 0.6 is 0 Å². The van der Waals surface area contributed by atoms with E-state index in [1.54, 1.807) is 18.2 Å². The number of anilines is 1. The number of nitrogens with zero attached hydrogens (tertiary/aromatic N) is 1. The molecule has 0 bridgehead atoms. The summed E-state index contributed by atoms with van der Waals surface area (Å²) in [4.78, 5) is 1.02. The monoisotopic (exact) mass is 519 g/mol. The summed E-state index contributed by atoms with van der Waals surface area (Å²) >= 11 is 0. The molecule has 3 nitrogen and oxygen atoms in total. The maximum atomic E-state index is 13.8. The van der Waals surface area contributed by atoms with Gasteiger partial charge in [-0.05, 0) is 48.4 Å². The molecule has 0 saturated heterocycles. The van der Waals surface area contributed by atoms with E-state index in [1.165, 1.54) is 30.3 Å². The highest BCUT2D eigenvalue weighted by Gasteiger charge is 2.58. The highest BCUT2D eigenvalue weighted by atomic mass is 19.4. The van der Waals surface area contributed by atoms with Gasteiger partial charge >= 0.3 is 18.3 Å². The maximum absolute atomic E-state index is 13.8. The van der Waals surface area contributed by atoms with E-state index < -0.39 is 43.0 Å². The number of hydrogen-bond acceptors (Lipinski definition) is 3. The Bertz CT molecular complexity index is 1180. The lowest BCUT2D eigenvalue weighted by atomic mass is 10.0. The first-order valence-corrected chi connectivity index (χ1v) is 10.5. The van der Waals surface area contributed by atoms with Crippen molar-refractivity contribution in [2.45, 2.75) is 37.8 Å². The molecule has 0 saturated carbocycles. The van der Waals surface area contributed by atoms with Crippen molar-refractivity contribution in [3.8, 4) is 11.5 Å². The van der Waals surface area contributed by atoms with Crippen molar-refractivity contribution < 1.29 is 45.0 Å². The minimum absolute atomic E-state index is 0.115. The SMILES string of the molecule is Cc1cccc(Oc2cccc(N(Cc3cccc(C(F)(F)C(F)(F)F)c3)C[C@@H](O)C(F)(F)F)c2)c1. The molecule has 3 aromatic carbocycles. The Kier molecular flexibility index (Phi) is 7.82. The minimum Gasteiger partial charge on any atom is -0.457 e. The van der Waals surface area contributed by atoms with Gasteiger partial charge in [0.05, 0.1) is 6.54 Å². The van der Waals surface area contributed by atoms with E-state index in [0.717, 1.165) is 16.5 Å². The highest BCUT2D eigenvalue weighted by molar-refractivity contribution is 5.52. The van der Waals surface area contributed by atoms with Crippen LogP contribution in [0.1, 0.15) is 16.7 Å². The second-order valence-corrected chi connectivity index (χ2v) is 8.13. The topological polar surface area (TPSA) is 32.7 Å². The Labute approximate surface area is 201 Å². The fraction of sp³-hybridized carbons (Fsp3) is 0.280. The highest BCUT2D eigenvalue weighted by Crippen LogP contribution is 2.44. The van der Waals surface area contributed by atoms with Crippen molar-refractivity contribution in [3.63, 3.8) is 0 Å². The Hall–Kier alpha value is -3.34. The van der Waals surface area contributed by atoms with Gasteiger partial charge in [-0.2, -0.15) is 35.1 Å². The fourth-order valence-corrected chi connectivity index (χ4v) is 3.38. The van der Waals surface area contributed by atoms with E-state index >= 15 is 0 Å². The van der Waals surface area contributed by atoms with Gasteiger partial charge in [-0.25, -0.2) is 0 Å². The van der Waals surface area contributed by atoms with Gasteiger partial charge in [-0.3, -0.25) is 0 Å². The molecule has 0 aliphatic heterocycles. The predicted octanol–water partition coefficient (Wildman–Crippen LogP) is 7.37. The number of aryl methyl sites for hydroxylation is 1. The molecule has 0 spiro atoms. The molecule has 0 amide bonds. The molecule has 0 aliphatic rings. The van der Waals surface area contributed by atoms with E-state index in [-0.39, 0.29) is 17.0 Å². The van der Waals surface area contributed by atoms with Crippen LogP contribution in [0.2, 0.25) is 0 Å². The summed E-state index contributed by atoms with van der Waals surface area (Å²) in [6.45, 7) is 0.333. The summed E-state index contributed by atoms with van der Waals surface area (Å²) in [5, 5.41) is 9.65. The molecule has 11 heteroatoms. The third-order valence-corrected chi connectivity index (χ3v) is 5.20. The summed E-state index contributed by atoms with van der Waals surface area (Å²) < 4.78 is 111. The lowest BCUT2D eigenvalue weighted by Crippen LogP contribution is -2.41. The molecule has 194 valence electrons. The van der Waals surface area contributed by atoms with Crippen LogP contribution in [0.4, 0.5) is 40.8 Å². The summed E-state index contributed by atoms with van der Waals surface area (Å²) in [5.41, 5.74) is -0.443. The number of aliphatic hydroxyl groups excluding tert-OH is 1. The normalized spacial score (nSPS) is 13.4. The van der Waals surface area contributed by atoms with Crippen molar-refractivity contribution >= 4 is 5.69 Å². The van der Waals surface area contributed by atoms with E-state index in [1.807, 2.05) is 13.0 Å². The van der Waals surface area contributed by atoms with Crippen LogP contribution < -0.4 is 9.64 Å². The first-order valence-electron chi connectivity index (χ1n) is 10.5. The van der Waals surface area contributed by atoms with Crippen LogP contribution in [0.25, 0.3) is 0 Å². The van der Waals surface area contributed by atoms with Gasteiger partial charge in [0.1, 0.15) is 11.5 Å². The standard InChI is InChI=1S/C25H21F8NO2/c1-16-5-2-9-20(11-16)36-21-10-4-8-19(13-21)34(15-22(35)24(28,29)30)14-17-6-3-7-18(12-17)23(26,27)25(31,32)33/h2-13,22,35H,14-15H2,1H3/t22-/m1/s1. The number of aliphatic hydroxyl groups is 1. The van der Waals surface area contributed by atoms with E-state index in [4.69, 9.17) is 4.74 Å². The average Bonchev–Trinajstić information content (AvgIpc) is 2.77. The van der Waals surface area contributed by atoms with Crippen LogP contribution in [-0.2, 0) is 12.5 Å². The van der Waals surface area contributed by atoms with E-state index in [0.29, 0.717) is 17.9 Å². The maximum Gasteiger partial charge on any atom is 0.458 e. The van der Waals surface area contributed by atoms with Crippen molar-refractivity contribution in [3.05, 3.63) is 89.5 Å².